The highest BCUT2D eigenvalue weighted by atomic mass is 35.5. The molecule has 0 aliphatic carbocycles. The number of rotatable bonds is 5. The molecule has 7 nitrogen and oxygen atoms in total. The van der Waals surface area contributed by atoms with Crippen LogP contribution in [0.15, 0.2) is 41.9 Å². The van der Waals surface area contributed by atoms with E-state index in [-0.39, 0.29) is 17.7 Å². The lowest BCUT2D eigenvalue weighted by Gasteiger charge is -2.32. The number of thiazole rings is 1. The molecule has 1 aliphatic heterocycles. The molecule has 2 amide bonds. The first-order chi connectivity index (χ1) is 15.4. The van der Waals surface area contributed by atoms with Crippen LogP contribution >= 0.6 is 22.9 Å². The van der Waals surface area contributed by atoms with Gasteiger partial charge in [-0.1, -0.05) is 11.6 Å². The number of hydrogen-bond acceptors (Lipinski definition) is 6. The van der Waals surface area contributed by atoms with Gasteiger partial charge in [0, 0.05) is 48.8 Å². The van der Waals surface area contributed by atoms with E-state index in [0.717, 1.165) is 18.9 Å². The molecule has 32 heavy (non-hydrogen) atoms. The number of amides is 2. The third-order valence-electron chi connectivity index (χ3n) is 5.20. The molecule has 0 radical (unpaired) electrons. The number of halogens is 2. The van der Waals surface area contributed by atoms with E-state index in [9.17, 15) is 14.0 Å². The minimum absolute atomic E-state index is 0.0870. The van der Waals surface area contributed by atoms with Gasteiger partial charge < -0.3 is 15.5 Å². The average Bonchev–Trinajstić information content (AvgIpc) is 3.22. The molecule has 1 aliphatic rings. The van der Waals surface area contributed by atoms with Crippen molar-refractivity contribution in [1.82, 2.24) is 9.97 Å². The van der Waals surface area contributed by atoms with E-state index in [0.29, 0.717) is 39.9 Å². The van der Waals surface area contributed by atoms with Gasteiger partial charge in [0.2, 0.25) is 11.8 Å². The van der Waals surface area contributed by atoms with Crippen molar-refractivity contribution < 1.29 is 14.0 Å². The van der Waals surface area contributed by atoms with Gasteiger partial charge in [-0.2, -0.15) is 0 Å². The SMILES string of the molecule is CC(=O)Nc1ccc(-c2csc(NC(=O)C3CCN(c4ccc(Cl)cn4)CC3)n2)c(F)c1. The Hall–Kier alpha value is -3.04. The summed E-state index contributed by atoms with van der Waals surface area (Å²) in [4.78, 5) is 34.7. The fourth-order valence-corrected chi connectivity index (χ4v) is 4.42. The van der Waals surface area contributed by atoms with Gasteiger partial charge in [-0.05, 0) is 43.2 Å². The Balaban J connectivity index is 1.35. The predicted octanol–water partition coefficient (Wildman–Crippen LogP) is 4.81. The number of nitrogens with zero attached hydrogens (tertiary/aromatic N) is 3. The second-order valence-corrected chi connectivity index (χ2v) is 8.79. The minimum atomic E-state index is -0.498. The maximum Gasteiger partial charge on any atom is 0.229 e. The van der Waals surface area contributed by atoms with Gasteiger partial charge in [-0.3, -0.25) is 9.59 Å². The number of benzene rings is 1. The van der Waals surface area contributed by atoms with Crippen LogP contribution in [0.3, 0.4) is 0 Å². The molecule has 0 atom stereocenters. The molecule has 1 fully saturated rings. The van der Waals surface area contributed by atoms with Crippen LogP contribution in [0.2, 0.25) is 5.02 Å². The number of nitrogens with one attached hydrogen (secondary N) is 2. The zero-order chi connectivity index (χ0) is 22.7. The number of carbonyl (C=O) groups is 2. The normalized spacial score (nSPS) is 14.3. The number of pyridine rings is 1. The van der Waals surface area contributed by atoms with E-state index in [1.807, 2.05) is 6.07 Å². The standard InChI is InChI=1S/C22H21ClFN5O2S/c1-13(30)26-16-3-4-17(18(24)10-16)19-12-32-22(27-19)28-21(31)14-6-8-29(9-7-14)20-5-2-15(23)11-25-20/h2-5,10-12,14H,6-9H2,1H3,(H,26,30)(H,27,28,31). The van der Waals surface area contributed by atoms with Gasteiger partial charge in [0.15, 0.2) is 5.13 Å². The Bertz CT molecular complexity index is 1130. The van der Waals surface area contributed by atoms with Gasteiger partial charge in [0.1, 0.15) is 11.6 Å². The maximum atomic E-state index is 14.5. The Kier molecular flexibility index (Phi) is 6.66. The summed E-state index contributed by atoms with van der Waals surface area (Å²) in [6.07, 6.45) is 3.02. The predicted molar refractivity (Wildman–Crippen MR) is 125 cm³/mol. The quantitative estimate of drug-likeness (QED) is 0.555. The summed E-state index contributed by atoms with van der Waals surface area (Å²) in [6.45, 7) is 2.81. The van der Waals surface area contributed by atoms with Crippen molar-refractivity contribution in [2.45, 2.75) is 19.8 Å². The van der Waals surface area contributed by atoms with E-state index >= 15 is 0 Å². The number of aromatic nitrogens is 2. The lowest BCUT2D eigenvalue weighted by atomic mass is 9.96. The Morgan fingerprint density at radius 1 is 1.19 bits per heavy atom. The lowest BCUT2D eigenvalue weighted by molar-refractivity contribution is -0.120. The average molecular weight is 474 g/mol. The summed E-state index contributed by atoms with van der Waals surface area (Å²) < 4.78 is 14.5. The molecule has 1 aromatic carbocycles. The summed E-state index contributed by atoms with van der Waals surface area (Å²) in [6, 6.07) is 8.10. The van der Waals surface area contributed by atoms with Crippen LogP contribution < -0.4 is 15.5 Å². The third kappa shape index (κ3) is 5.23. The van der Waals surface area contributed by atoms with Crippen LogP contribution in [-0.4, -0.2) is 34.9 Å². The van der Waals surface area contributed by atoms with Crippen molar-refractivity contribution in [3.63, 3.8) is 0 Å². The van der Waals surface area contributed by atoms with Gasteiger partial charge in [0.05, 0.1) is 10.7 Å². The molecule has 1 saturated heterocycles. The van der Waals surface area contributed by atoms with Crippen molar-refractivity contribution >= 4 is 51.4 Å². The van der Waals surface area contributed by atoms with Crippen LogP contribution in [-0.2, 0) is 9.59 Å². The van der Waals surface area contributed by atoms with Crippen molar-refractivity contribution in [3.8, 4) is 11.3 Å². The molecule has 0 bridgehead atoms. The van der Waals surface area contributed by atoms with E-state index in [4.69, 9.17) is 11.6 Å². The number of hydrogen-bond donors (Lipinski definition) is 2. The first-order valence-electron chi connectivity index (χ1n) is 10.1. The highest BCUT2D eigenvalue weighted by molar-refractivity contribution is 7.14. The number of anilines is 3. The zero-order valence-electron chi connectivity index (χ0n) is 17.3. The topological polar surface area (TPSA) is 87.2 Å². The van der Waals surface area contributed by atoms with Crippen LogP contribution in [0.1, 0.15) is 19.8 Å². The van der Waals surface area contributed by atoms with Gasteiger partial charge in [-0.25, -0.2) is 14.4 Å². The zero-order valence-corrected chi connectivity index (χ0v) is 18.8. The molecule has 0 spiro atoms. The monoisotopic (exact) mass is 473 g/mol. The maximum absolute atomic E-state index is 14.5. The second kappa shape index (κ2) is 9.62. The fraction of sp³-hybridized carbons (Fsp3) is 0.273. The molecule has 4 rings (SSSR count). The highest BCUT2D eigenvalue weighted by Crippen LogP contribution is 2.30. The van der Waals surface area contributed by atoms with Gasteiger partial charge in [-0.15, -0.1) is 11.3 Å². The van der Waals surface area contributed by atoms with E-state index in [1.54, 1.807) is 29.8 Å². The Labute approximate surface area is 193 Å². The summed E-state index contributed by atoms with van der Waals surface area (Å²) in [5.41, 5.74) is 1.11. The molecule has 166 valence electrons. The first-order valence-corrected chi connectivity index (χ1v) is 11.3. The largest absolute Gasteiger partial charge is 0.357 e. The van der Waals surface area contributed by atoms with Crippen LogP contribution in [0.4, 0.5) is 21.0 Å². The number of piperidine rings is 1. The number of carbonyl (C=O) groups excluding carboxylic acids is 2. The van der Waals surface area contributed by atoms with E-state index in [1.165, 1.54) is 24.3 Å². The molecule has 0 unspecified atom stereocenters. The van der Waals surface area contributed by atoms with Crippen molar-refractivity contribution in [1.29, 1.82) is 0 Å². The molecule has 2 aromatic heterocycles. The molecule has 10 heteroatoms. The Morgan fingerprint density at radius 2 is 1.97 bits per heavy atom. The first kappa shape index (κ1) is 22.2. The van der Waals surface area contributed by atoms with Gasteiger partial charge >= 0.3 is 0 Å². The van der Waals surface area contributed by atoms with Crippen LogP contribution in [0, 0.1) is 11.7 Å². The van der Waals surface area contributed by atoms with Crippen molar-refractivity contribution in [3.05, 3.63) is 52.7 Å². The molecular formula is C22H21ClFN5O2S. The lowest BCUT2D eigenvalue weighted by Crippen LogP contribution is -2.38. The summed E-state index contributed by atoms with van der Waals surface area (Å²) in [5.74, 6) is -0.131. The molecular weight excluding hydrogens is 453 g/mol. The molecule has 3 heterocycles. The van der Waals surface area contributed by atoms with E-state index in [2.05, 4.69) is 25.5 Å². The van der Waals surface area contributed by atoms with Crippen molar-refractivity contribution in [2.75, 3.05) is 28.6 Å². The Morgan fingerprint density at radius 3 is 2.62 bits per heavy atom. The second-order valence-electron chi connectivity index (χ2n) is 7.50. The summed E-state index contributed by atoms with van der Waals surface area (Å²) in [7, 11) is 0. The fourth-order valence-electron chi connectivity index (χ4n) is 3.59. The molecule has 2 N–H and O–H groups in total. The molecule has 0 saturated carbocycles. The summed E-state index contributed by atoms with van der Waals surface area (Å²) >= 11 is 7.14. The van der Waals surface area contributed by atoms with E-state index < -0.39 is 5.82 Å². The highest BCUT2D eigenvalue weighted by Gasteiger charge is 2.26. The summed E-state index contributed by atoms with van der Waals surface area (Å²) in [5, 5.41) is 8.11. The van der Waals surface area contributed by atoms with Crippen LogP contribution in [0.5, 0.6) is 0 Å². The molecule has 3 aromatic rings. The minimum Gasteiger partial charge on any atom is -0.357 e. The third-order valence-corrected chi connectivity index (χ3v) is 6.18. The smallest absolute Gasteiger partial charge is 0.229 e. The van der Waals surface area contributed by atoms with Crippen molar-refractivity contribution in [2.24, 2.45) is 5.92 Å². The van der Waals surface area contributed by atoms with Crippen LogP contribution in [0.25, 0.3) is 11.3 Å². The van der Waals surface area contributed by atoms with Gasteiger partial charge in [0.25, 0.3) is 0 Å².